The molecule has 0 aliphatic heterocycles. The van der Waals surface area contributed by atoms with Crippen LogP contribution in [-0.4, -0.2) is 32.5 Å². The van der Waals surface area contributed by atoms with Gasteiger partial charge in [-0.3, -0.25) is 14.2 Å². The maximum Gasteiger partial charge on any atom is 0.319 e. The number of amides is 1. The van der Waals surface area contributed by atoms with Crippen LogP contribution in [0.3, 0.4) is 0 Å². The first-order chi connectivity index (χ1) is 18.5. The van der Waals surface area contributed by atoms with Crippen LogP contribution in [0.4, 0.5) is 17.3 Å². The van der Waals surface area contributed by atoms with E-state index in [9.17, 15) is 9.59 Å². The average molecular weight is 507 g/mol. The van der Waals surface area contributed by atoms with Crippen molar-refractivity contribution in [3.05, 3.63) is 108 Å². The normalized spacial score (nSPS) is 10.6. The van der Waals surface area contributed by atoms with Crippen LogP contribution in [0.15, 0.2) is 103 Å². The first-order valence-electron chi connectivity index (χ1n) is 11.5. The summed E-state index contributed by atoms with van der Waals surface area (Å²) in [6.45, 7) is 3.47. The summed E-state index contributed by atoms with van der Waals surface area (Å²) in [6, 6.07) is 22.9. The number of aromatic nitrogens is 4. The van der Waals surface area contributed by atoms with E-state index < -0.39 is 5.56 Å². The second-order valence-electron chi connectivity index (χ2n) is 7.97. The first kappa shape index (κ1) is 24.2. The lowest BCUT2D eigenvalue weighted by Crippen LogP contribution is -2.23. The van der Waals surface area contributed by atoms with Gasteiger partial charge in [0.05, 0.1) is 19.0 Å². The molecule has 0 saturated carbocycles. The van der Waals surface area contributed by atoms with Gasteiger partial charge in [-0.1, -0.05) is 30.8 Å². The zero-order valence-corrected chi connectivity index (χ0v) is 20.3. The maximum atomic E-state index is 13.7. The molecular weight excluding hydrogens is 484 g/mol. The Hall–Kier alpha value is -5.51. The molecular formula is C28H22N6O4. The van der Waals surface area contributed by atoms with Crippen molar-refractivity contribution in [1.82, 2.24) is 19.5 Å². The van der Waals surface area contributed by atoms with Gasteiger partial charge in [0.1, 0.15) is 17.0 Å². The van der Waals surface area contributed by atoms with Crippen LogP contribution < -0.4 is 25.7 Å². The van der Waals surface area contributed by atoms with Crippen LogP contribution in [0, 0.1) is 0 Å². The number of benzene rings is 3. The Balaban J connectivity index is 1.64. The van der Waals surface area contributed by atoms with Crippen molar-refractivity contribution in [2.24, 2.45) is 0 Å². The highest BCUT2D eigenvalue weighted by Crippen LogP contribution is 2.24. The van der Waals surface area contributed by atoms with E-state index in [0.717, 1.165) is 11.8 Å². The van der Waals surface area contributed by atoms with Gasteiger partial charge in [-0.05, 0) is 60.7 Å². The summed E-state index contributed by atoms with van der Waals surface area (Å²) in [5.74, 6) is 0.890. The lowest BCUT2D eigenvalue weighted by molar-refractivity contribution is -0.111. The van der Waals surface area contributed by atoms with Crippen LogP contribution in [-0.2, 0) is 4.79 Å². The molecule has 0 spiro atoms. The monoisotopic (exact) mass is 506 g/mol. The Morgan fingerprint density at radius 2 is 1.74 bits per heavy atom. The molecule has 5 rings (SSSR count). The van der Waals surface area contributed by atoms with Crippen molar-refractivity contribution >= 4 is 34.4 Å². The molecule has 3 aromatic carbocycles. The number of hydrogen-bond donors (Lipinski definition) is 2. The first-order valence-corrected chi connectivity index (χ1v) is 11.5. The molecule has 2 aromatic heterocycles. The van der Waals surface area contributed by atoms with Gasteiger partial charge in [0.2, 0.25) is 11.9 Å². The fraction of sp³-hybridized carbons (Fsp3) is 0.0357. The Morgan fingerprint density at radius 3 is 2.47 bits per heavy atom. The zero-order chi connectivity index (χ0) is 26.5. The summed E-state index contributed by atoms with van der Waals surface area (Å²) >= 11 is 0. The topological polar surface area (TPSA) is 120 Å². The minimum Gasteiger partial charge on any atom is -0.497 e. The van der Waals surface area contributed by atoms with E-state index in [0.29, 0.717) is 28.4 Å². The third kappa shape index (κ3) is 5.19. The Labute approximate surface area is 217 Å². The fourth-order valence-electron chi connectivity index (χ4n) is 3.64. The molecule has 0 bridgehead atoms. The van der Waals surface area contributed by atoms with E-state index in [1.807, 2.05) is 18.2 Å². The molecule has 0 radical (unpaired) electrons. The van der Waals surface area contributed by atoms with E-state index in [1.165, 1.54) is 10.8 Å². The fourth-order valence-corrected chi connectivity index (χ4v) is 3.64. The summed E-state index contributed by atoms with van der Waals surface area (Å²) in [7, 11) is 1.59. The molecule has 10 heteroatoms. The van der Waals surface area contributed by atoms with Gasteiger partial charge in [-0.25, -0.2) is 9.97 Å². The predicted molar refractivity (Wildman–Crippen MR) is 145 cm³/mol. The van der Waals surface area contributed by atoms with Crippen molar-refractivity contribution < 1.29 is 14.3 Å². The number of methoxy groups -OCH3 is 1. The number of hydrogen-bond acceptors (Lipinski definition) is 8. The summed E-state index contributed by atoms with van der Waals surface area (Å²) < 4.78 is 12.4. The number of carbonyl (C=O) groups is 1. The lowest BCUT2D eigenvalue weighted by Gasteiger charge is -2.14. The van der Waals surface area contributed by atoms with E-state index >= 15 is 0 Å². The lowest BCUT2D eigenvalue weighted by atomic mass is 10.2. The molecule has 5 aromatic rings. The highest BCUT2D eigenvalue weighted by Gasteiger charge is 2.17. The van der Waals surface area contributed by atoms with E-state index in [4.69, 9.17) is 9.47 Å². The van der Waals surface area contributed by atoms with Crippen molar-refractivity contribution in [3.8, 4) is 23.1 Å². The molecule has 0 saturated heterocycles. The summed E-state index contributed by atoms with van der Waals surface area (Å²) in [4.78, 5) is 38.9. The van der Waals surface area contributed by atoms with Crippen LogP contribution in [0.25, 0.3) is 16.9 Å². The number of anilines is 3. The second-order valence-corrected chi connectivity index (χ2v) is 7.97. The number of nitrogens with one attached hydrogen (secondary N) is 2. The largest absolute Gasteiger partial charge is 0.497 e. The molecule has 0 aliphatic carbocycles. The van der Waals surface area contributed by atoms with Crippen LogP contribution >= 0.6 is 0 Å². The Kier molecular flexibility index (Phi) is 6.77. The van der Waals surface area contributed by atoms with Gasteiger partial charge in [-0.2, -0.15) is 4.98 Å². The van der Waals surface area contributed by atoms with Crippen molar-refractivity contribution in [2.45, 2.75) is 0 Å². The zero-order valence-electron chi connectivity index (χ0n) is 20.3. The minimum atomic E-state index is -0.539. The summed E-state index contributed by atoms with van der Waals surface area (Å²) in [5, 5.41) is 5.83. The van der Waals surface area contributed by atoms with Gasteiger partial charge in [0.15, 0.2) is 5.65 Å². The summed E-state index contributed by atoms with van der Waals surface area (Å²) in [6.07, 6.45) is 2.67. The Morgan fingerprint density at radius 1 is 0.947 bits per heavy atom. The third-order valence-corrected chi connectivity index (χ3v) is 5.43. The Bertz CT molecular complexity index is 1680. The number of rotatable bonds is 8. The number of nitrogens with zero attached hydrogens (tertiary/aromatic N) is 4. The van der Waals surface area contributed by atoms with Crippen molar-refractivity contribution in [1.29, 1.82) is 0 Å². The van der Waals surface area contributed by atoms with E-state index in [2.05, 4.69) is 32.2 Å². The summed E-state index contributed by atoms with van der Waals surface area (Å²) in [5.41, 5.74) is 1.68. The van der Waals surface area contributed by atoms with Crippen LogP contribution in [0.2, 0.25) is 0 Å². The van der Waals surface area contributed by atoms with Gasteiger partial charge in [0, 0.05) is 11.4 Å². The molecule has 188 valence electrons. The average Bonchev–Trinajstić information content (AvgIpc) is 2.95. The third-order valence-electron chi connectivity index (χ3n) is 5.43. The SMILES string of the molecule is C=CC(=O)Nc1cccc(-n2c(=O)c(Oc3ccccc3)nc3cnc(Nc4ccc(OC)cc4)nc32)c1. The molecule has 10 nitrogen and oxygen atoms in total. The highest BCUT2D eigenvalue weighted by molar-refractivity contribution is 5.99. The standard InChI is InChI=1S/C28H22N6O4/c1-3-24(35)30-19-8-7-9-20(16-19)34-25-23(32-26(27(34)36)38-22-10-5-4-6-11-22)17-29-28(33-25)31-18-12-14-21(37-2)15-13-18/h3-17H,1H2,2H3,(H,30,35)(H,29,31,33). The van der Waals surface area contributed by atoms with Gasteiger partial charge >= 0.3 is 5.56 Å². The highest BCUT2D eigenvalue weighted by atomic mass is 16.5. The number of para-hydroxylation sites is 1. The molecule has 2 N–H and O–H groups in total. The van der Waals surface area contributed by atoms with Crippen molar-refractivity contribution in [2.75, 3.05) is 17.7 Å². The van der Waals surface area contributed by atoms with Gasteiger partial charge in [-0.15, -0.1) is 0 Å². The van der Waals surface area contributed by atoms with Gasteiger partial charge in [0.25, 0.3) is 5.88 Å². The molecule has 0 atom stereocenters. The van der Waals surface area contributed by atoms with E-state index in [1.54, 1.807) is 67.8 Å². The smallest absolute Gasteiger partial charge is 0.319 e. The number of fused-ring (bicyclic) bond motifs is 1. The molecule has 1 amide bonds. The maximum absolute atomic E-state index is 13.7. The van der Waals surface area contributed by atoms with Crippen LogP contribution in [0.5, 0.6) is 17.4 Å². The van der Waals surface area contributed by atoms with Crippen molar-refractivity contribution in [3.63, 3.8) is 0 Å². The van der Waals surface area contributed by atoms with Crippen LogP contribution in [0.1, 0.15) is 0 Å². The predicted octanol–water partition coefficient (Wildman–Crippen LogP) is 4.84. The molecule has 0 aliphatic rings. The molecule has 0 fully saturated rings. The number of carbonyl (C=O) groups excluding carboxylic acids is 1. The van der Waals surface area contributed by atoms with E-state index in [-0.39, 0.29) is 23.4 Å². The minimum absolute atomic E-state index is 0.149. The number of ether oxygens (including phenoxy) is 2. The molecule has 0 unspecified atom stereocenters. The molecule has 2 heterocycles. The van der Waals surface area contributed by atoms with Gasteiger partial charge < -0.3 is 20.1 Å². The quantitative estimate of drug-likeness (QED) is 0.287. The molecule has 38 heavy (non-hydrogen) atoms. The second kappa shape index (κ2) is 10.6.